The molecule has 136 valence electrons. The van der Waals surface area contributed by atoms with Crippen LogP contribution in [0.5, 0.6) is 5.75 Å². The molecule has 0 spiro atoms. The molecule has 0 aliphatic rings. The Labute approximate surface area is 152 Å². The van der Waals surface area contributed by atoms with E-state index in [1.165, 1.54) is 15.8 Å². The highest BCUT2D eigenvalue weighted by Crippen LogP contribution is 2.24. The zero-order valence-electron chi connectivity index (χ0n) is 14.5. The first-order chi connectivity index (χ1) is 11.9. The number of ether oxygens (including phenoxy) is 1. The van der Waals surface area contributed by atoms with E-state index in [-0.39, 0.29) is 10.8 Å². The van der Waals surface area contributed by atoms with Gasteiger partial charge in [-0.05, 0) is 37.3 Å². The van der Waals surface area contributed by atoms with Crippen LogP contribution in [0.4, 0.5) is 5.69 Å². The van der Waals surface area contributed by atoms with Gasteiger partial charge >= 0.3 is 0 Å². The topological polar surface area (TPSA) is 75.7 Å². The number of carbonyl (C=O) groups excluding carboxylic acids is 1. The van der Waals surface area contributed by atoms with Crippen molar-refractivity contribution in [3.63, 3.8) is 0 Å². The molecule has 0 aliphatic heterocycles. The van der Waals surface area contributed by atoms with Gasteiger partial charge in [-0.15, -0.1) is 11.3 Å². The second-order valence-corrected chi connectivity index (χ2v) is 8.00. The molecule has 8 heteroatoms. The van der Waals surface area contributed by atoms with Crippen LogP contribution in [0.25, 0.3) is 0 Å². The Morgan fingerprint density at radius 1 is 1.16 bits per heavy atom. The van der Waals surface area contributed by atoms with Gasteiger partial charge in [0.15, 0.2) is 0 Å². The molecule has 0 bridgehead atoms. The van der Waals surface area contributed by atoms with Crippen LogP contribution < -0.4 is 10.1 Å². The average Bonchev–Trinajstić information content (AvgIpc) is 3.09. The molecule has 0 aliphatic carbocycles. The van der Waals surface area contributed by atoms with Crippen molar-refractivity contribution in [1.82, 2.24) is 4.31 Å². The first-order valence-electron chi connectivity index (χ1n) is 8.05. The highest BCUT2D eigenvalue weighted by Gasteiger charge is 2.24. The molecule has 6 nitrogen and oxygen atoms in total. The van der Waals surface area contributed by atoms with Crippen molar-refractivity contribution in [2.45, 2.75) is 25.7 Å². The van der Waals surface area contributed by atoms with Crippen molar-refractivity contribution in [2.24, 2.45) is 0 Å². The van der Waals surface area contributed by atoms with Crippen LogP contribution in [-0.4, -0.2) is 38.3 Å². The van der Waals surface area contributed by atoms with Crippen molar-refractivity contribution in [3.05, 3.63) is 40.6 Å². The minimum atomic E-state index is -3.55. The normalized spacial score (nSPS) is 11.5. The lowest BCUT2D eigenvalue weighted by molar-refractivity contribution is 0.103. The number of sulfonamides is 1. The molecule has 1 aromatic heterocycles. The van der Waals surface area contributed by atoms with Crippen molar-refractivity contribution in [1.29, 1.82) is 0 Å². The molecule has 0 saturated carbocycles. The molecule has 1 amide bonds. The summed E-state index contributed by atoms with van der Waals surface area (Å²) in [6.45, 7) is 6.83. The summed E-state index contributed by atoms with van der Waals surface area (Å²) in [4.78, 5) is 12.8. The molecule has 0 atom stereocenters. The molecule has 0 radical (unpaired) electrons. The lowest BCUT2D eigenvalue weighted by Gasteiger charge is -2.17. The van der Waals surface area contributed by atoms with Crippen LogP contribution in [0.1, 0.15) is 30.4 Å². The van der Waals surface area contributed by atoms with Crippen molar-refractivity contribution < 1.29 is 17.9 Å². The van der Waals surface area contributed by atoms with Crippen LogP contribution in [0.3, 0.4) is 0 Å². The SMILES string of the molecule is CCOc1ccc(NC(=O)c2cc(S(=O)(=O)N(CC)CC)cs2)cc1. The monoisotopic (exact) mass is 382 g/mol. The summed E-state index contributed by atoms with van der Waals surface area (Å²) < 4.78 is 31.7. The fraction of sp³-hybridized carbons (Fsp3) is 0.353. The summed E-state index contributed by atoms with van der Waals surface area (Å²) in [5.41, 5.74) is 0.620. The third-order valence-corrected chi connectivity index (χ3v) is 6.67. The summed E-state index contributed by atoms with van der Waals surface area (Å²) in [6, 6.07) is 8.43. The largest absolute Gasteiger partial charge is 0.494 e. The minimum absolute atomic E-state index is 0.151. The molecular weight excluding hydrogens is 360 g/mol. The third-order valence-electron chi connectivity index (χ3n) is 3.57. The zero-order valence-corrected chi connectivity index (χ0v) is 16.1. The van der Waals surface area contributed by atoms with Crippen molar-refractivity contribution >= 4 is 33.0 Å². The molecule has 1 N–H and O–H groups in total. The number of amides is 1. The van der Waals surface area contributed by atoms with E-state index in [1.807, 2.05) is 6.92 Å². The van der Waals surface area contributed by atoms with E-state index in [0.717, 1.165) is 17.1 Å². The smallest absolute Gasteiger partial charge is 0.265 e. The molecule has 1 heterocycles. The van der Waals surface area contributed by atoms with Gasteiger partial charge in [0.2, 0.25) is 10.0 Å². The molecule has 2 rings (SSSR count). The quantitative estimate of drug-likeness (QED) is 0.759. The zero-order chi connectivity index (χ0) is 18.4. The van der Waals surface area contributed by atoms with E-state index in [1.54, 1.807) is 38.1 Å². The Morgan fingerprint density at radius 2 is 1.80 bits per heavy atom. The number of thiophene rings is 1. The lowest BCUT2D eigenvalue weighted by atomic mass is 10.3. The van der Waals surface area contributed by atoms with E-state index in [2.05, 4.69) is 5.32 Å². The molecular formula is C17H22N2O4S2. The van der Waals surface area contributed by atoms with E-state index in [4.69, 9.17) is 4.74 Å². The van der Waals surface area contributed by atoms with Gasteiger partial charge in [0.25, 0.3) is 5.91 Å². The fourth-order valence-corrected chi connectivity index (χ4v) is 4.89. The van der Waals surface area contributed by atoms with Gasteiger partial charge in [0, 0.05) is 24.2 Å². The highest BCUT2D eigenvalue weighted by molar-refractivity contribution is 7.89. The Bertz CT molecular complexity index is 809. The van der Waals surface area contributed by atoms with E-state index < -0.39 is 10.0 Å². The second kappa shape index (κ2) is 8.46. The first kappa shape index (κ1) is 19.4. The number of rotatable bonds is 8. The number of hydrogen-bond acceptors (Lipinski definition) is 5. The fourth-order valence-electron chi connectivity index (χ4n) is 2.28. The van der Waals surface area contributed by atoms with Gasteiger partial charge in [0.05, 0.1) is 16.4 Å². The van der Waals surface area contributed by atoms with Crippen LogP contribution >= 0.6 is 11.3 Å². The maximum absolute atomic E-state index is 12.5. The maximum Gasteiger partial charge on any atom is 0.265 e. The van der Waals surface area contributed by atoms with Gasteiger partial charge in [0.1, 0.15) is 5.75 Å². The van der Waals surface area contributed by atoms with Crippen molar-refractivity contribution in [2.75, 3.05) is 25.0 Å². The molecule has 0 saturated heterocycles. The number of nitrogens with one attached hydrogen (secondary N) is 1. The Morgan fingerprint density at radius 3 is 2.36 bits per heavy atom. The molecule has 1 aromatic carbocycles. The lowest BCUT2D eigenvalue weighted by Crippen LogP contribution is -2.30. The van der Waals surface area contributed by atoms with Gasteiger partial charge < -0.3 is 10.1 Å². The number of nitrogens with zero attached hydrogens (tertiary/aromatic N) is 1. The summed E-state index contributed by atoms with van der Waals surface area (Å²) >= 11 is 1.11. The van der Waals surface area contributed by atoms with E-state index in [0.29, 0.717) is 30.3 Å². The number of carbonyl (C=O) groups is 1. The number of benzene rings is 1. The standard InChI is InChI=1S/C17H22N2O4S2/c1-4-19(5-2)25(21,22)15-11-16(24-12-15)17(20)18-13-7-9-14(10-8-13)23-6-3/h7-12H,4-6H2,1-3H3,(H,18,20). The number of anilines is 1. The Hall–Kier alpha value is -1.90. The highest BCUT2D eigenvalue weighted by atomic mass is 32.2. The third kappa shape index (κ3) is 4.59. The number of hydrogen-bond donors (Lipinski definition) is 1. The molecule has 25 heavy (non-hydrogen) atoms. The molecule has 0 fully saturated rings. The van der Waals surface area contributed by atoms with Gasteiger partial charge in [-0.25, -0.2) is 8.42 Å². The van der Waals surface area contributed by atoms with Crippen LogP contribution in [0, 0.1) is 0 Å². The average molecular weight is 383 g/mol. The van der Waals surface area contributed by atoms with Crippen LogP contribution in [0.15, 0.2) is 40.6 Å². The first-order valence-corrected chi connectivity index (χ1v) is 10.4. The molecule has 2 aromatic rings. The maximum atomic E-state index is 12.5. The van der Waals surface area contributed by atoms with Gasteiger partial charge in [-0.2, -0.15) is 4.31 Å². The summed E-state index contributed by atoms with van der Waals surface area (Å²) in [6.07, 6.45) is 0. The predicted octanol–water partition coefficient (Wildman–Crippen LogP) is 3.43. The summed E-state index contributed by atoms with van der Waals surface area (Å²) in [7, 11) is -3.55. The molecule has 0 unspecified atom stereocenters. The second-order valence-electron chi connectivity index (χ2n) is 5.15. The van der Waals surface area contributed by atoms with Crippen LogP contribution in [0.2, 0.25) is 0 Å². The van der Waals surface area contributed by atoms with E-state index >= 15 is 0 Å². The Kier molecular flexibility index (Phi) is 6.57. The predicted molar refractivity (Wildman–Crippen MR) is 100.0 cm³/mol. The van der Waals surface area contributed by atoms with Gasteiger partial charge in [-0.1, -0.05) is 13.8 Å². The van der Waals surface area contributed by atoms with E-state index in [9.17, 15) is 13.2 Å². The van der Waals surface area contributed by atoms with Gasteiger partial charge in [-0.3, -0.25) is 4.79 Å². The van der Waals surface area contributed by atoms with Crippen molar-refractivity contribution in [3.8, 4) is 5.75 Å². The Balaban J connectivity index is 2.12. The minimum Gasteiger partial charge on any atom is -0.494 e. The summed E-state index contributed by atoms with van der Waals surface area (Å²) in [5.74, 6) is 0.388. The summed E-state index contributed by atoms with van der Waals surface area (Å²) in [5, 5.41) is 4.26. The van der Waals surface area contributed by atoms with Crippen LogP contribution in [-0.2, 0) is 10.0 Å².